The number of rotatable bonds is 9. The summed E-state index contributed by atoms with van der Waals surface area (Å²) in [5, 5.41) is 13.2. The van der Waals surface area contributed by atoms with Gasteiger partial charge in [0.05, 0.1) is 7.11 Å². The minimum atomic E-state index is -0.518. The van der Waals surface area contributed by atoms with Crippen LogP contribution in [-0.2, 0) is 0 Å². The lowest BCUT2D eigenvalue weighted by atomic mass is 10.1. The molecule has 20 heavy (non-hydrogen) atoms. The van der Waals surface area contributed by atoms with Gasteiger partial charge in [0.25, 0.3) is 0 Å². The van der Waals surface area contributed by atoms with Crippen LogP contribution in [0.3, 0.4) is 0 Å². The van der Waals surface area contributed by atoms with Crippen molar-refractivity contribution in [3.05, 3.63) is 24.3 Å². The lowest BCUT2D eigenvalue weighted by Gasteiger charge is -2.19. The molecule has 0 saturated heterocycles. The van der Waals surface area contributed by atoms with Crippen molar-refractivity contribution in [1.82, 2.24) is 5.32 Å². The molecule has 2 atom stereocenters. The fourth-order valence-corrected chi connectivity index (χ4v) is 2.07. The molecule has 114 valence electrons. The summed E-state index contributed by atoms with van der Waals surface area (Å²) in [5.41, 5.74) is 0. The Bertz CT molecular complexity index is 382. The third-order valence-electron chi connectivity index (χ3n) is 3.01. The van der Waals surface area contributed by atoms with Gasteiger partial charge >= 0.3 is 0 Å². The highest BCUT2D eigenvalue weighted by atomic mass is 16.5. The molecule has 0 aromatic heterocycles. The summed E-state index contributed by atoms with van der Waals surface area (Å²) in [6, 6.07) is 7.79. The molecule has 0 fully saturated rings. The molecule has 2 N–H and O–H groups in total. The second-order valence-corrected chi connectivity index (χ2v) is 5.58. The van der Waals surface area contributed by atoms with Gasteiger partial charge in [-0.1, -0.05) is 19.9 Å². The number of nitrogens with one attached hydrogen (secondary N) is 1. The minimum Gasteiger partial charge on any atom is -0.497 e. The van der Waals surface area contributed by atoms with Crippen LogP contribution < -0.4 is 14.8 Å². The van der Waals surface area contributed by atoms with Gasteiger partial charge in [-0.2, -0.15) is 0 Å². The number of ether oxygens (including phenoxy) is 2. The van der Waals surface area contributed by atoms with Crippen LogP contribution in [0, 0.1) is 5.92 Å². The highest BCUT2D eigenvalue weighted by Gasteiger charge is 2.09. The summed E-state index contributed by atoms with van der Waals surface area (Å²) in [6.07, 6.45) is 0.583. The van der Waals surface area contributed by atoms with Crippen LogP contribution in [0.25, 0.3) is 0 Å². The molecule has 2 unspecified atom stereocenters. The molecular formula is C16H27NO3. The highest BCUT2D eigenvalue weighted by molar-refractivity contribution is 5.32. The molecule has 0 bridgehead atoms. The van der Waals surface area contributed by atoms with Gasteiger partial charge in [0.2, 0.25) is 0 Å². The molecule has 1 aromatic rings. The number of benzene rings is 1. The first-order valence-electron chi connectivity index (χ1n) is 7.19. The van der Waals surface area contributed by atoms with E-state index in [1.54, 1.807) is 7.11 Å². The fourth-order valence-electron chi connectivity index (χ4n) is 2.07. The van der Waals surface area contributed by atoms with Gasteiger partial charge in [-0.05, 0) is 31.4 Å². The summed E-state index contributed by atoms with van der Waals surface area (Å²) >= 11 is 0. The van der Waals surface area contributed by atoms with Crippen LogP contribution in [0.15, 0.2) is 24.3 Å². The molecule has 4 nitrogen and oxygen atoms in total. The molecule has 0 aliphatic carbocycles. The molecule has 0 aliphatic heterocycles. The van der Waals surface area contributed by atoms with Crippen LogP contribution in [0.5, 0.6) is 11.5 Å². The van der Waals surface area contributed by atoms with Crippen LogP contribution in [0.2, 0.25) is 0 Å². The largest absolute Gasteiger partial charge is 0.497 e. The van der Waals surface area contributed by atoms with Crippen LogP contribution in [-0.4, -0.2) is 37.5 Å². The summed E-state index contributed by atoms with van der Waals surface area (Å²) in [7, 11) is 1.62. The van der Waals surface area contributed by atoms with E-state index in [0.717, 1.165) is 12.2 Å². The summed E-state index contributed by atoms with van der Waals surface area (Å²) < 4.78 is 10.7. The lowest BCUT2D eigenvalue weighted by Crippen LogP contribution is -2.37. The fraction of sp³-hybridized carbons (Fsp3) is 0.625. The number of methoxy groups -OCH3 is 1. The summed E-state index contributed by atoms with van der Waals surface area (Å²) in [4.78, 5) is 0. The Labute approximate surface area is 122 Å². The van der Waals surface area contributed by atoms with Gasteiger partial charge in [0.1, 0.15) is 24.2 Å². The van der Waals surface area contributed by atoms with E-state index >= 15 is 0 Å². The van der Waals surface area contributed by atoms with Gasteiger partial charge in [-0.3, -0.25) is 0 Å². The third-order valence-corrected chi connectivity index (χ3v) is 3.01. The molecule has 1 rings (SSSR count). The molecule has 1 aromatic carbocycles. The molecule has 0 saturated carbocycles. The van der Waals surface area contributed by atoms with Gasteiger partial charge in [-0.25, -0.2) is 0 Å². The maximum Gasteiger partial charge on any atom is 0.123 e. The van der Waals surface area contributed by atoms with Crippen molar-refractivity contribution in [1.29, 1.82) is 0 Å². The van der Waals surface area contributed by atoms with Crippen LogP contribution >= 0.6 is 0 Å². The minimum absolute atomic E-state index is 0.272. The third kappa shape index (κ3) is 6.78. The normalized spacial score (nSPS) is 14.1. The van der Waals surface area contributed by atoms with Gasteiger partial charge in [0, 0.05) is 18.7 Å². The Hall–Kier alpha value is -1.26. The maximum atomic E-state index is 9.90. The second-order valence-electron chi connectivity index (χ2n) is 5.58. The Balaban J connectivity index is 2.27. The van der Waals surface area contributed by atoms with E-state index in [-0.39, 0.29) is 6.61 Å². The van der Waals surface area contributed by atoms with E-state index in [2.05, 4.69) is 26.1 Å². The first kappa shape index (κ1) is 16.8. The SMILES string of the molecule is COc1cccc(OCC(O)CNC(C)CC(C)C)c1. The summed E-state index contributed by atoms with van der Waals surface area (Å²) in [5.74, 6) is 2.11. The van der Waals surface area contributed by atoms with Crippen LogP contribution in [0.1, 0.15) is 27.2 Å². The Morgan fingerprint density at radius 3 is 2.55 bits per heavy atom. The van der Waals surface area contributed by atoms with Crippen molar-refractivity contribution < 1.29 is 14.6 Å². The quantitative estimate of drug-likeness (QED) is 0.730. The van der Waals surface area contributed by atoms with E-state index in [1.807, 2.05) is 24.3 Å². The molecule has 0 heterocycles. The van der Waals surface area contributed by atoms with Crippen molar-refractivity contribution in [2.45, 2.75) is 39.3 Å². The average Bonchev–Trinajstić information content (AvgIpc) is 2.42. The van der Waals surface area contributed by atoms with E-state index < -0.39 is 6.10 Å². The molecule has 0 aliphatic rings. The van der Waals surface area contributed by atoms with E-state index in [4.69, 9.17) is 9.47 Å². The Morgan fingerprint density at radius 1 is 1.20 bits per heavy atom. The number of aliphatic hydroxyl groups excluding tert-OH is 1. The predicted molar refractivity (Wildman–Crippen MR) is 81.4 cm³/mol. The topological polar surface area (TPSA) is 50.7 Å². The van der Waals surface area contributed by atoms with Gasteiger partial charge in [0.15, 0.2) is 0 Å². The zero-order chi connectivity index (χ0) is 15.0. The monoisotopic (exact) mass is 281 g/mol. The lowest BCUT2D eigenvalue weighted by molar-refractivity contribution is 0.103. The van der Waals surface area contributed by atoms with E-state index in [1.165, 1.54) is 0 Å². The number of hydrogen-bond acceptors (Lipinski definition) is 4. The van der Waals surface area contributed by atoms with E-state index in [9.17, 15) is 5.11 Å². The molecule has 0 amide bonds. The average molecular weight is 281 g/mol. The number of aliphatic hydroxyl groups is 1. The Kier molecular flexibility index (Phi) is 7.41. The zero-order valence-electron chi connectivity index (χ0n) is 12.9. The van der Waals surface area contributed by atoms with Crippen LogP contribution in [0.4, 0.5) is 0 Å². The second kappa shape index (κ2) is 8.82. The zero-order valence-corrected chi connectivity index (χ0v) is 12.9. The smallest absolute Gasteiger partial charge is 0.123 e. The maximum absolute atomic E-state index is 9.90. The highest BCUT2D eigenvalue weighted by Crippen LogP contribution is 2.18. The Morgan fingerprint density at radius 2 is 1.90 bits per heavy atom. The van der Waals surface area contributed by atoms with Crippen molar-refractivity contribution in [3.63, 3.8) is 0 Å². The number of hydrogen-bond donors (Lipinski definition) is 2. The first-order valence-corrected chi connectivity index (χ1v) is 7.19. The van der Waals surface area contributed by atoms with Crippen molar-refractivity contribution in [2.75, 3.05) is 20.3 Å². The molecule has 0 spiro atoms. The molecular weight excluding hydrogens is 254 g/mol. The van der Waals surface area contributed by atoms with Crippen molar-refractivity contribution in [2.24, 2.45) is 5.92 Å². The molecule has 0 radical (unpaired) electrons. The predicted octanol–water partition coefficient (Wildman–Crippen LogP) is 2.46. The first-order chi connectivity index (χ1) is 9.51. The molecule has 4 heteroatoms. The van der Waals surface area contributed by atoms with E-state index in [0.29, 0.717) is 24.3 Å². The van der Waals surface area contributed by atoms with Gasteiger partial charge in [-0.15, -0.1) is 0 Å². The van der Waals surface area contributed by atoms with Crippen molar-refractivity contribution >= 4 is 0 Å². The standard InChI is InChI=1S/C16H27NO3/c1-12(2)8-13(3)17-10-14(18)11-20-16-7-5-6-15(9-16)19-4/h5-7,9,12-14,17-18H,8,10-11H2,1-4H3. The summed E-state index contributed by atoms with van der Waals surface area (Å²) in [6.45, 7) is 7.34. The van der Waals surface area contributed by atoms with Crippen molar-refractivity contribution in [3.8, 4) is 11.5 Å². The van der Waals surface area contributed by atoms with Gasteiger partial charge < -0.3 is 19.9 Å².